The predicted octanol–water partition coefficient (Wildman–Crippen LogP) is 1.67. The van der Waals surface area contributed by atoms with E-state index in [4.69, 9.17) is 4.99 Å². The fraction of sp³-hybridized carbons (Fsp3) is 0.905. The zero-order chi connectivity index (χ0) is 21.0. The highest BCUT2D eigenvalue weighted by Gasteiger charge is 2.31. The summed E-state index contributed by atoms with van der Waals surface area (Å²) < 4.78 is 0. The second kappa shape index (κ2) is 13.0. The van der Waals surface area contributed by atoms with Gasteiger partial charge >= 0.3 is 0 Å². The molecule has 3 N–H and O–H groups in total. The Morgan fingerprint density at radius 3 is 2.54 bits per heavy atom. The summed E-state index contributed by atoms with van der Waals surface area (Å²) in [6, 6.07) is 0.0464. The average molecular weight is 398 g/mol. The molecule has 0 radical (unpaired) electrons. The summed E-state index contributed by atoms with van der Waals surface area (Å²) >= 11 is 0. The summed E-state index contributed by atoms with van der Waals surface area (Å²) in [5.74, 6) is 1.06. The molecule has 0 aromatic rings. The van der Waals surface area contributed by atoms with Crippen molar-refractivity contribution in [1.82, 2.24) is 20.4 Å². The van der Waals surface area contributed by atoms with Crippen LogP contribution in [0.3, 0.4) is 0 Å². The molecule has 0 aromatic heterocycles. The molecule has 1 aliphatic heterocycles. The van der Waals surface area contributed by atoms with Gasteiger partial charge in [-0.15, -0.1) is 0 Å². The van der Waals surface area contributed by atoms with Crippen LogP contribution in [0, 0.1) is 5.41 Å². The van der Waals surface area contributed by atoms with E-state index in [1.807, 2.05) is 14.1 Å². The first kappa shape index (κ1) is 24.7. The van der Waals surface area contributed by atoms with E-state index >= 15 is 0 Å². The highest BCUT2D eigenvalue weighted by molar-refractivity contribution is 5.81. The number of likely N-dealkylation sites (N-methyl/N-ethyl adjacent to an activating group) is 1. The van der Waals surface area contributed by atoms with E-state index in [1.165, 1.54) is 0 Å². The van der Waals surface area contributed by atoms with Crippen molar-refractivity contribution in [1.29, 1.82) is 0 Å². The third-order valence-electron chi connectivity index (χ3n) is 6.06. The number of carbonyl (C=O) groups is 1. The molecule has 1 atom stereocenters. The van der Waals surface area contributed by atoms with Gasteiger partial charge in [-0.05, 0) is 57.4 Å². The molecule has 1 heterocycles. The van der Waals surface area contributed by atoms with Gasteiger partial charge in [-0.3, -0.25) is 14.7 Å². The summed E-state index contributed by atoms with van der Waals surface area (Å²) in [6.45, 7) is 10.9. The molecular formula is C21H43N5O2. The van der Waals surface area contributed by atoms with E-state index in [1.54, 1.807) is 4.90 Å². The maximum Gasteiger partial charge on any atom is 0.239 e. The Labute approximate surface area is 172 Å². The van der Waals surface area contributed by atoms with Gasteiger partial charge in [0.1, 0.15) is 0 Å². The van der Waals surface area contributed by atoms with Crippen molar-refractivity contribution in [3.05, 3.63) is 0 Å². The van der Waals surface area contributed by atoms with Gasteiger partial charge in [0, 0.05) is 46.9 Å². The SMILES string of the molecule is CCNC(=NCC(CC)(CC)CCO)NCCCN1CCCC1C(=O)N(C)C. The molecule has 7 nitrogen and oxygen atoms in total. The summed E-state index contributed by atoms with van der Waals surface area (Å²) in [6.07, 6.45) is 5.87. The first-order valence-electron chi connectivity index (χ1n) is 11.0. The third kappa shape index (κ3) is 7.59. The number of hydrogen-bond acceptors (Lipinski definition) is 4. The Morgan fingerprint density at radius 1 is 1.25 bits per heavy atom. The number of rotatable bonds is 12. The summed E-state index contributed by atoms with van der Waals surface area (Å²) in [4.78, 5) is 21.1. The van der Waals surface area contributed by atoms with Crippen LogP contribution in [0.5, 0.6) is 0 Å². The van der Waals surface area contributed by atoms with Gasteiger partial charge in [0.25, 0.3) is 0 Å². The van der Waals surface area contributed by atoms with Gasteiger partial charge in [0.05, 0.1) is 6.04 Å². The zero-order valence-electron chi connectivity index (χ0n) is 18.8. The van der Waals surface area contributed by atoms with Crippen molar-refractivity contribution in [2.75, 3.05) is 53.4 Å². The van der Waals surface area contributed by atoms with E-state index < -0.39 is 0 Å². The number of aliphatic hydroxyl groups excluding tert-OH is 1. The van der Waals surface area contributed by atoms with Crippen molar-refractivity contribution in [2.45, 2.75) is 65.3 Å². The second-order valence-electron chi connectivity index (χ2n) is 8.08. The van der Waals surface area contributed by atoms with Gasteiger partial charge in [-0.25, -0.2) is 0 Å². The van der Waals surface area contributed by atoms with Crippen LogP contribution in [-0.4, -0.2) is 86.2 Å². The Bertz CT molecular complexity index is 477. The fourth-order valence-corrected chi connectivity index (χ4v) is 3.89. The Hall–Kier alpha value is -1.34. The zero-order valence-corrected chi connectivity index (χ0v) is 18.8. The molecule has 28 heavy (non-hydrogen) atoms. The molecule has 1 unspecified atom stereocenters. The highest BCUT2D eigenvalue weighted by atomic mass is 16.3. The van der Waals surface area contributed by atoms with Crippen molar-refractivity contribution in [3.63, 3.8) is 0 Å². The van der Waals surface area contributed by atoms with Crippen LogP contribution >= 0.6 is 0 Å². The minimum Gasteiger partial charge on any atom is -0.396 e. The van der Waals surface area contributed by atoms with E-state index in [2.05, 4.69) is 36.3 Å². The van der Waals surface area contributed by atoms with Gasteiger partial charge in [-0.1, -0.05) is 13.8 Å². The van der Waals surface area contributed by atoms with Gasteiger partial charge in [-0.2, -0.15) is 0 Å². The van der Waals surface area contributed by atoms with Crippen molar-refractivity contribution in [2.24, 2.45) is 10.4 Å². The molecule has 0 spiro atoms. The standard InChI is InChI=1S/C21H43N5O2/c1-6-21(7-2,12-16-27)17-24-20(22-8-3)23-13-10-15-26-14-9-11-18(26)19(28)25(4)5/h18,27H,6-17H2,1-5H3,(H2,22,23,24). The molecular weight excluding hydrogens is 354 g/mol. The molecule has 1 saturated heterocycles. The average Bonchev–Trinajstić information content (AvgIpc) is 3.15. The van der Waals surface area contributed by atoms with Crippen LogP contribution in [0.15, 0.2) is 4.99 Å². The Kier molecular flexibility index (Phi) is 11.5. The van der Waals surface area contributed by atoms with Crippen LogP contribution in [0.4, 0.5) is 0 Å². The van der Waals surface area contributed by atoms with Crippen LogP contribution < -0.4 is 10.6 Å². The number of amides is 1. The van der Waals surface area contributed by atoms with Gasteiger partial charge in [0.2, 0.25) is 5.91 Å². The number of nitrogens with zero attached hydrogens (tertiary/aromatic N) is 3. The molecule has 7 heteroatoms. The quantitative estimate of drug-likeness (QED) is 0.265. The smallest absolute Gasteiger partial charge is 0.239 e. The molecule has 1 fully saturated rings. The fourth-order valence-electron chi connectivity index (χ4n) is 3.89. The highest BCUT2D eigenvalue weighted by Crippen LogP contribution is 2.30. The minimum atomic E-state index is 0.0464. The molecule has 0 aliphatic carbocycles. The minimum absolute atomic E-state index is 0.0464. The van der Waals surface area contributed by atoms with Gasteiger partial charge in [0.15, 0.2) is 5.96 Å². The molecule has 0 bridgehead atoms. The van der Waals surface area contributed by atoms with Crippen LogP contribution in [0.2, 0.25) is 0 Å². The van der Waals surface area contributed by atoms with E-state index in [-0.39, 0.29) is 24.0 Å². The number of aliphatic imine (C=N–C) groups is 1. The number of likely N-dealkylation sites (tertiary alicyclic amines) is 1. The first-order valence-corrected chi connectivity index (χ1v) is 11.0. The second-order valence-corrected chi connectivity index (χ2v) is 8.08. The largest absolute Gasteiger partial charge is 0.396 e. The monoisotopic (exact) mass is 397 g/mol. The molecule has 164 valence electrons. The van der Waals surface area contributed by atoms with E-state index in [0.717, 1.165) is 77.2 Å². The summed E-state index contributed by atoms with van der Waals surface area (Å²) in [5.41, 5.74) is 0.0758. The number of nitrogens with one attached hydrogen (secondary N) is 2. The third-order valence-corrected chi connectivity index (χ3v) is 6.06. The Balaban J connectivity index is 2.51. The molecule has 0 saturated carbocycles. The number of guanidine groups is 1. The Morgan fingerprint density at radius 2 is 1.96 bits per heavy atom. The normalized spacial score (nSPS) is 18.4. The maximum atomic E-state index is 12.3. The summed E-state index contributed by atoms with van der Waals surface area (Å²) in [5, 5.41) is 16.1. The predicted molar refractivity (Wildman–Crippen MR) is 117 cm³/mol. The molecule has 1 amide bonds. The van der Waals surface area contributed by atoms with Crippen molar-refractivity contribution in [3.8, 4) is 0 Å². The van der Waals surface area contributed by atoms with Crippen molar-refractivity contribution < 1.29 is 9.90 Å². The number of carbonyl (C=O) groups excluding carboxylic acids is 1. The topological polar surface area (TPSA) is 80.2 Å². The lowest BCUT2D eigenvalue weighted by atomic mass is 9.79. The lowest BCUT2D eigenvalue weighted by Gasteiger charge is -2.29. The van der Waals surface area contributed by atoms with Crippen LogP contribution in [-0.2, 0) is 4.79 Å². The van der Waals surface area contributed by atoms with E-state index in [0.29, 0.717) is 0 Å². The van der Waals surface area contributed by atoms with Crippen LogP contribution in [0.25, 0.3) is 0 Å². The lowest BCUT2D eigenvalue weighted by Crippen LogP contribution is -2.44. The van der Waals surface area contributed by atoms with Crippen molar-refractivity contribution >= 4 is 11.9 Å². The maximum absolute atomic E-state index is 12.3. The molecule has 1 rings (SSSR count). The molecule has 0 aromatic carbocycles. The van der Waals surface area contributed by atoms with E-state index in [9.17, 15) is 9.90 Å². The first-order chi connectivity index (χ1) is 13.4. The lowest BCUT2D eigenvalue weighted by molar-refractivity contribution is -0.133. The number of aliphatic hydroxyl groups is 1. The molecule has 1 aliphatic rings. The van der Waals surface area contributed by atoms with Gasteiger partial charge < -0.3 is 20.6 Å². The van der Waals surface area contributed by atoms with Crippen LogP contribution in [0.1, 0.15) is 59.3 Å². The summed E-state index contributed by atoms with van der Waals surface area (Å²) in [7, 11) is 3.67. The number of hydrogen-bond donors (Lipinski definition) is 3.